The van der Waals surface area contributed by atoms with Crippen LogP contribution in [0.2, 0.25) is 0 Å². The van der Waals surface area contributed by atoms with Gasteiger partial charge in [-0.3, -0.25) is 14.9 Å². The third-order valence-corrected chi connectivity index (χ3v) is 3.54. The summed E-state index contributed by atoms with van der Waals surface area (Å²) in [5.74, 6) is -2.27. The quantitative estimate of drug-likeness (QED) is 0.638. The number of halogens is 4. The van der Waals surface area contributed by atoms with E-state index in [1.165, 1.54) is 6.07 Å². The molecule has 0 spiro atoms. The maximum atomic E-state index is 12.4. The Kier molecular flexibility index (Phi) is 4.71. The van der Waals surface area contributed by atoms with Crippen molar-refractivity contribution in [3.8, 4) is 0 Å². The summed E-state index contributed by atoms with van der Waals surface area (Å²) in [6.45, 7) is 0.400. The zero-order valence-electron chi connectivity index (χ0n) is 10.9. The summed E-state index contributed by atoms with van der Waals surface area (Å²) in [4.78, 5) is 21.4. The van der Waals surface area contributed by atoms with Gasteiger partial charge in [-0.15, -0.1) is 0 Å². The average Bonchev–Trinajstić information content (AvgIpc) is 2.92. The molecular weight excluding hydrogens is 373 g/mol. The zero-order valence-corrected chi connectivity index (χ0v) is 12.5. The molecule has 120 valence electrons. The van der Waals surface area contributed by atoms with Crippen LogP contribution in [0.5, 0.6) is 0 Å². The van der Waals surface area contributed by atoms with Crippen LogP contribution in [0.25, 0.3) is 0 Å². The van der Waals surface area contributed by atoms with E-state index in [9.17, 15) is 28.1 Å². The van der Waals surface area contributed by atoms with E-state index < -0.39 is 34.5 Å². The molecule has 22 heavy (non-hydrogen) atoms. The lowest BCUT2D eigenvalue weighted by Crippen LogP contribution is -2.30. The molecule has 1 fully saturated rings. The molecule has 1 unspecified atom stereocenters. The lowest BCUT2D eigenvalue weighted by atomic mass is 10.0. The topological polar surface area (TPSA) is 81.5 Å². The molecule has 0 radical (unpaired) electrons. The lowest BCUT2D eigenvalue weighted by Gasteiger charge is -2.17. The Labute approximate surface area is 130 Å². The molecule has 0 aromatic heterocycles. The number of carbonyl (C=O) groups excluding carboxylic acids is 1. The van der Waals surface area contributed by atoms with Crippen LogP contribution in [0.4, 0.5) is 24.5 Å². The maximum Gasteiger partial charge on any atom is 0.471 e. The molecule has 1 saturated heterocycles. The van der Waals surface area contributed by atoms with Crippen LogP contribution in [-0.2, 0) is 9.53 Å². The van der Waals surface area contributed by atoms with Crippen molar-refractivity contribution in [2.45, 2.75) is 25.1 Å². The Morgan fingerprint density at radius 3 is 2.64 bits per heavy atom. The molecule has 0 bridgehead atoms. The highest BCUT2D eigenvalue weighted by atomic mass is 79.9. The van der Waals surface area contributed by atoms with Gasteiger partial charge in [-0.25, -0.2) is 0 Å². The summed E-state index contributed by atoms with van der Waals surface area (Å²) in [7, 11) is 0. The Morgan fingerprint density at radius 2 is 2.14 bits per heavy atom. The number of hydrogen-bond donors (Lipinski definition) is 1. The van der Waals surface area contributed by atoms with Gasteiger partial charge < -0.3 is 10.1 Å². The Bertz CT molecular complexity index is 615. The van der Waals surface area contributed by atoms with Crippen molar-refractivity contribution in [3.05, 3.63) is 32.3 Å². The number of ether oxygens (including phenoxy) is 1. The van der Waals surface area contributed by atoms with Gasteiger partial charge in [-0.1, -0.05) is 15.9 Å². The van der Waals surface area contributed by atoms with E-state index in [0.717, 1.165) is 6.07 Å². The first-order valence-electron chi connectivity index (χ1n) is 6.17. The summed E-state index contributed by atoms with van der Waals surface area (Å²) in [6, 6.07) is 2.44. The van der Waals surface area contributed by atoms with Crippen LogP contribution in [0.1, 0.15) is 24.5 Å². The Balaban J connectivity index is 2.51. The maximum absolute atomic E-state index is 12.4. The van der Waals surface area contributed by atoms with Gasteiger partial charge >= 0.3 is 12.1 Å². The van der Waals surface area contributed by atoms with Gasteiger partial charge in [0.2, 0.25) is 0 Å². The molecule has 0 aliphatic carbocycles. The monoisotopic (exact) mass is 382 g/mol. The normalized spacial score (nSPS) is 18.3. The molecule has 1 aromatic rings. The standard InChI is InChI=1S/C12H10BrF3N2O4/c13-6-4-7(9-2-1-3-22-9)10(8(5-6)18(20)21)17-11(19)12(14,15)16/h4-5,9H,1-3H2,(H,17,19). The van der Waals surface area contributed by atoms with Gasteiger partial charge in [-0.05, 0) is 18.9 Å². The number of carbonyl (C=O) groups is 1. The molecular formula is C12H10BrF3N2O4. The van der Waals surface area contributed by atoms with Crippen molar-refractivity contribution < 1.29 is 27.6 Å². The number of hydrogen-bond acceptors (Lipinski definition) is 4. The number of rotatable bonds is 3. The fraction of sp³-hybridized carbons (Fsp3) is 0.417. The van der Waals surface area contributed by atoms with Crippen molar-refractivity contribution in [1.29, 1.82) is 0 Å². The first-order chi connectivity index (χ1) is 10.2. The third kappa shape index (κ3) is 3.55. The molecule has 1 aliphatic rings. The van der Waals surface area contributed by atoms with E-state index in [4.69, 9.17) is 4.74 Å². The minimum absolute atomic E-state index is 0.149. The Hall–Kier alpha value is -1.68. The van der Waals surface area contributed by atoms with Crippen LogP contribution in [-0.4, -0.2) is 23.6 Å². The van der Waals surface area contributed by atoms with E-state index in [-0.39, 0.29) is 5.56 Å². The van der Waals surface area contributed by atoms with Crippen molar-refractivity contribution in [1.82, 2.24) is 0 Å². The van der Waals surface area contributed by atoms with Crippen molar-refractivity contribution in [2.75, 3.05) is 11.9 Å². The highest BCUT2D eigenvalue weighted by Crippen LogP contribution is 2.41. The molecule has 1 amide bonds. The summed E-state index contributed by atoms with van der Waals surface area (Å²) in [6.07, 6.45) is -4.56. The van der Waals surface area contributed by atoms with Crippen LogP contribution >= 0.6 is 15.9 Å². The van der Waals surface area contributed by atoms with Crippen molar-refractivity contribution in [3.63, 3.8) is 0 Å². The van der Waals surface area contributed by atoms with Crippen molar-refractivity contribution >= 4 is 33.2 Å². The average molecular weight is 383 g/mol. The second-order valence-electron chi connectivity index (χ2n) is 4.60. The van der Waals surface area contributed by atoms with Gasteiger partial charge in [0.25, 0.3) is 5.69 Å². The number of nitro benzene ring substituents is 1. The molecule has 6 nitrogen and oxygen atoms in total. The van der Waals surface area contributed by atoms with Crippen molar-refractivity contribution in [2.24, 2.45) is 0 Å². The van der Waals surface area contributed by atoms with E-state index in [2.05, 4.69) is 15.9 Å². The highest BCUT2D eigenvalue weighted by molar-refractivity contribution is 9.10. The summed E-state index contributed by atoms with van der Waals surface area (Å²) >= 11 is 3.07. The minimum atomic E-state index is -5.14. The molecule has 1 aromatic carbocycles. The number of nitro groups is 1. The molecule has 1 N–H and O–H groups in total. The largest absolute Gasteiger partial charge is 0.471 e. The first kappa shape index (κ1) is 16.7. The molecule has 1 aliphatic heterocycles. The predicted octanol–water partition coefficient (Wildman–Crippen LogP) is 3.71. The van der Waals surface area contributed by atoms with Crippen LogP contribution in [0.3, 0.4) is 0 Å². The molecule has 10 heteroatoms. The zero-order chi connectivity index (χ0) is 16.5. The summed E-state index contributed by atoms with van der Waals surface area (Å²) < 4.78 is 43.0. The number of nitrogens with one attached hydrogen (secondary N) is 1. The summed E-state index contributed by atoms with van der Waals surface area (Å²) in [5, 5.41) is 12.7. The van der Waals surface area contributed by atoms with Crippen LogP contribution < -0.4 is 5.32 Å². The molecule has 1 heterocycles. The smallest absolute Gasteiger partial charge is 0.373 e. The highest BCUT2D eigenvalue weighted by Gasteiger charge is 2.41. The first-order valence-corrected chi connectivity index (χ1v) is 6.97. The SMILES string of the molecule is O=C(Nc1c(C2CCCO2)cc(Br)cc1[N+](=O)[O-])C(F)(F)F. The fourth-order valence-corrected chi connectivity index (χ4v) is 2.62. The minimum Gasteiger partial charge on any atom is -0.373 e. The second-order valence-corrected chi connectivity index (χ2v) is 5.52. The van der Waals surface area contributed by atoms with Crippen LogP contribution in [0.15, 0.2) is 16.6 Å². The van der Waals surface area contributed by atoms with E-state index in [0.29, 0.717) is 23.9 Å². The number of nitrogens with zero attached hydrogens (tertiary/aromatic N) is 1. The van der Waals surface area contributed by atoms with Gasteiger partial charge in [-0.2, -0.15) is 13.2 Å². The summed E-state index contributed by atoms with van der Waals surface area (Å²) in [5.41, 5.74) is -0.962. The predicted molar refractivity (Wildman–Crippen MR) is 73.4 cm³/mol. The van der Waals surface area contributed by atoms with Gasteiger partial charge in [0.05, 0.1) is 11.0 Å². The number of alkyl halides is 3. The molecule has 2 rings (SSSR count). The van der Waals surface area contributed by atoms with Gasteiger partial charge in [0.15, 0.2) is 0 Å². The van der Waals surface area contributed by atoms with E-state index in [1.807, 2.05) is 0 Å². The third-order valence-electron chi connectivity index (χ3n) is 3.08. The van der Waals surface area contributed by atoms with Gasteiger partial charge in [0, 0.05) is 22.7 Å². The molecule has 1 atom stereocenters. The van der Waals surface area contributed by atoms with Crippen LogP contribution in [0, 0.1) is 10.1 Å². The number of benzene rings is 1. The van der Waals surface area contributed by atoms with E-state index >= 15 is 0 Å². The lowest BCUT2D eigenvalue weighted by molar-refractivity contribution is -0.384. The van der Waals surface area contributed by atoms with E-state index in [1.54, 1.807) is 5.32 Å². The molecule has 0 saturated carbocycles. The Morgan fingerprint density at radius 1 is 1.45 bits per heavy atom. The second kappa shape index (κ2) is 6.21. The fourth-order valence-electron chi connectivity index (χ4n) is 2.15. The van der Waals surface area contributed by atoms with Gasteiger partial charge in [0.1, 0.15) is 5.69 Å². The number of anilines is 1. The number of amides is 1.